The zero-order valence-corrected chi connectivity index (χ0v) is 18.0. The fraction of sp³-hybridized carbons (Fsp3) is 0.316. The molecule has 0 radical (unpaired) electrons. The van der Waals surface area contributed by atoms with Crippen molar-refractivity contribution in [1.82, 2.24) is 14.9 Å². The van der Waals surface area contributed by atoms with E-state index in [9.17, 15) is 0 Å². The summed E-state index contributed by atoms with van der Waals surface area (Å²) in [5, 5.41) is 2.27. The molecule has 0 spiro atoms. The molecule has 0 unspecified atom stereocenters. The van der Waals surface area contributed by atoms with E-state index in [1.807, 2.05) is 36.4 Å². The second-order valence-electron chi connectivity index (χ2n) is 6.35. The molecule has 1 aliphatic carbocycles. The number of rotatable bonds is 4. The van der Waals surface area contributed by atoms with Crippen LogP contribution in [0.2, 0.25) is 0 Å². The number of benzene rings is 1. The van der Waals surface area contributed by atoms with Crippen LogP contribution in [0.1, 0.15) is 22.7 Å². The number of thioether (sulfide) groups is 2. The van der Waals surface area contributed by atoms with Gasteiger partial charge in [0.15, 0.2) is 0 Å². The standard InChI is InChI=1S/C19H19N3S4/c1-22(2)19(23)26-18-16-13-9-6-10-14(13)25-17(16)20-15(21-18)11-24-12-7-4-3-5-8-12/h3-5,7-8H,6,9-11H2,1-2H3. The van der Waals surface area contributed by atoms with Gasteiger partial charge in [0.2, 0.25) is 0 Å². The van der Waals surface area contributed by atoms with Crippen LogP contribution in [-0.4, -0.2) is 33.3 Å². The molecule has 1 aromatic carbocycles. The van der Waals surface area contributed by atoms with E-state index in [1.165, 1.54) is 33.6 Å². The van der Waals surface area contributed by atoms with Crippen molar-refractivity contribution < 1.29 is 0 Å². The van der Waals surface area contributed by atoms with Gasteiger partial charge in [-0.25, -0.2) is 9.97 Å². The van der Waals surface area contributed by atoms with Crippen LogP contribution in [0.3, 0.4) is 0 Å². The molecule has 0 N–H and O–H groups in total. The zero-order valence-electron chi connectivity index (χ0n) is 14.7. The van der Waals surface area contributed by atoms with Gasteiger partial charge in [0.05, 0.1) is 5.75 Å². The predicted octanol–water partition coefficient (Wildman–Crippen LogP) is 5.41. The Labute approximate surface area is 171 Å². The Bertz CT molecular complexity index is 950. The summed E-state index contributed by atoms with van der Waals surface area (Å²) in [6.07, 6.45) is 3.55. The molecule has 0 bridgehead atoms. The van der Waals surface area contributed by atoms with Gasteiger partial charge in [0.25, 0.3) is 0 Å². The highest BCUT2D eigenvalue weighted by Gasteiger charge is 2.23. The van der Waals surface area contributed by atoms with Crippen LogP contribution in [0, 0.1) is 0 Å². The SMILES string of the molecule is CN(C)C(=S)Sc1nc(CSc2ccccc2)nc2sc3c(c12)CCC3. The molecule has 0 amide bonds. The average molecular weight is 418 g/mol. The highest BCUT2D eigenvalue weighted by atomic mass is 32.2. The van der Waals surface area contributed by atoms with Crippen LogP contribution in [0.5, 0.6) is 0 Å². The molecule has 4 rings (SSSR count). The minimum Gasteiger partial charge on any atom is -0.363 e. The molecule has 3 aromatic rings. The summed E-state index contributed by atoms with van der Waals surface area (Å²) < 4.78 is 0.838. The monoisotopic (exact) mass is 417 g/mol. The van der Waals surface area contributed by atoms with Gasteiger partial charge in [0.1, 0.15) is 20.0 Å². The predicted molar refractivity (Wildman–Crippen MR) is 118 cm³/mol. The van der Waals surface area contributed by atoms with E-state index >= 15 is 0 Å². The molecule has 134 valence electrons. The third kappa shape index (κ3) is 3.76. The van der Waals surface area contributed by atoms with Gasteiger partial charge in [-0.1, -0.05) is 30.4 Å². The Kier molecular flexibility index (Phi) is 5.50. The smallest absolute Gasteiger partial charge is 0.142 e. The van der Waals surface area contributed by atoms with Crippen LogP contribution in [0.25, 0.3) is 10.2 Å². The number of hydrogen-bond acceptors (Lipinski definition) is 6. The van der Waals surface area contributed by atoms with Crippen LogP contribution in [0.15, 0.2) is 40.3 Å². The average Bonchev–Trinajstić information content (AvgIpc) is 3.21. The van der Waals surface area contributed by atoms with E-state index in [0.29, 0.717) is 0 Å². The summed E-state index contributed by atoms with van der Waals surface area (Å²) in [6.45, 7) is 0. The first kappa shape index (κ1) is 18.2. The molecular weight excluding hydrogens is 398 g/mol. The molecule has 0 saturated carbocycles. The summed E-state index contributed by atoms with van der Waals surface area (Å²) in [6, 6.07) is 10.4. The van der Waals surface area contributed by atoms with Crippen molar-refractivity contribution in [2.24, 2.45) is 0 Å². The van der Waals surface area contributed by atoms with Gasteiger partial charge in [-0.3, -0.25) is 0 Å². The van der Waals surface area contributed by atoms with Gasteiger partial charge in [-0.15, -0.1) is 23.1 Å². The summed E-state index contributed by atoms with van der Waals surface area (Å²) in [4.78, 5) is 15.6. The van der Waals surface area contributed by atoms with E-state index in [1.54, 1.807) is 23.5 Å². The van der Waals surface area contributed by atoms with Crippen molar-refractivity contribution in [2.45, 2.75) is 34.9 Å². The Morgan fingerprint density at radius 2 is 2.00 bits per heavy atom. The lowest BCUT2D eigenvalue weighted by Gasteiger charge is -2.13. The number of aromatic nitrogens is 2. The topological polar surface area (TPSA) is 29.0 Å². The van der Waals surface area contributed by atoms with Gasteiger partial charge in [-0.05, 0) is 48.7 Å². The third-order valence-electron chi connectivity index (χ3n) is 4.24. The fourth-order valence-electron chi connectivity index (χ4n) is 2.98. The van der Waals surface area contributed by atoms with Crippen molar-refractivity contribution in [3.63, 3.8) is 0 Å². The first-order valence-electron chi connectivity index (χ1n) is 8.50. The molecule has 26 heavy (non-hydrogen) atoms. The van der Waals surface area contributed by atoms with Crippen LogP contribution < -0.4 is 0 Å². The maximum Gasteiger partial charge on any atom is 0.142 e. The normalized spacial score (nSPS) is 13.2. The van der Waals surface area contributed by atoms with E-state index < -0.39 is 0 Å². The third-order valence-corrected chi connectivity index (χ3v) is 8.08. The highest BCUT2D eigenvalue weighted by Crippen LogP contribution is 2.41. The maximum atomic E-state index is 5.54. The molecule has 0 saturated heterocycles. The van der Waals surface area contributed by atoms with Crippen molar-refractivity contribution in [3.05, 3.63) is 46.6 Å². The summed E-state index contributed by atoms with van der Waals surface area (Å²) in [5.74, 6) is 1.65. The van der Waals surface area contributed by atoms with Crippen LogP contribution in [-0.2, 0) is 18.6 Å². The van der Waals surface area contributed by atoms with Crippen molar-refractivity contribution >= 4 is 61.6 Å². The minimum atomic E-state index is 0.769. The first-order valence-corrected chi connectivity index (χ1v) is 11.5. The largest absolute Gasteiger partial charge is 0.363 e. The van der Waals surface area contributed by atoms with Gasteiger partial charge in [-0.2, -0.15) is 0 Å². The molecule has 2 heterocycles. The van der Waals surface area contributed by atoms with Crippen LogP contribution in [0.4, 0.5) is 0 Å². The quantitative estimate of drug-likeness (QED) is 0.320. The molecule has 0 fully saturated rings. The van der Waals surface area contributed by atoms with Gasteiger partial charge in [0, 0.05) is 29.3 Å². The van der Waals surface area contributed by atoms with Crippen molar-refractivity contribution in [2.75, 3.05) is 14.1 Å². The first-order chi connectivity index (χ1) is 12.6. The molecular formula is C19H19N3S4. The summed E-state index contributed by atoms with van der Waals surface area (Å²) >= 11 is 10.7. The van der Waals surface area contributed by atoms with Gasteiger partial charge >= 0.3 is 0 Å². The number of fused-ring (bicyclic) bond motifs is 3. The lowest BCUT2D eigenvalue weighted by Crippen LogP contribution is -2.16. The van der Waals surface area contributed by atoms with E-state index in [-0.39, 0.29) is 0 Å². The maximum absolute atomic E-state index is 5.54. The zero-order chi connectivity index (χ0) is 18.1. The molecule has 1 aliphatic rings. The number of nitrogens with zero attached hydrogens (tertiary/aromatic N) is 3. The number of thiocarbonyl (C=S) groups is 1. The highest BCUT2D eigenvalue weighted by molar-refractivity contribution is 8.23. The number of hydrogen-bond donors (Lipinski definition) is 0. The molecule has 0 atom stereocenters. The van der Waals surface area contributed by atoms with E-state index in [4.69, 9.17) is 22.2 Å². The second kappa shape index (κ2) is 7.84. The van der Waals surface area contributed by atoms with E-state index in [0.717, 1.165) is 32.2 Å². The van der Waals surface area contributed by atoms with Crippen molar-refractivity contribution in [1.29, 1.82) is 0 Å². The number of thiophene rings is 1. The Hall–Kier alpha value is -1.15. The molecule has 2 aromatic heterocycles. The second-order valence-corrected chi connectivity index (χ2v) is 10.1. The fourth-order valence-corrected chi connectivity index (χ4v) is 6.16. The lowest BCUT2D eigenvalue weighted by atomic mass is 10.2. The summed E-state index contributed by atoms with van der Waals surface area (Å²) in [7, 11) is 3.97. The Balaban J connectivity index is 1.69. The van der Waals surface area contributed by atoms with Crippen molar-refractivity contribution in [3.8, 4) is 0 Å². The molecule has 0 aliphatic heterocycles. The number of aryl methyl sites for hydroxylation is 2. The Morgan fingerprint density at radius 1 is 1.19 bits per heavy atom. The van der Waals surface area contributed by atoms with Gasteiger partial charge < -0.3 is 4.90 Å². The molecule has 7 heteroatoms. The van der Waals surface area contributed by atoms with Crippen LogP contribution >= 0.6 is 47.1 Å². The van der Waals surface area contributed by atoms with E-state index in [2.05, 4.69) is 24.3 Å². The molecule has 3 nitrogen and oxygen atoms in total. The minimum absolute atomic E-state index is 0.769. The summed E-state index contributed by atoms with van der Waals surface area (Å²) in [5.41, 5.74) is 1.45. The lowest BCUT2D eigenvalue weighted by molar-refractivity contribution is 0.648. The Morgan fingerprint density at radius 3 is 2.77 bits per heavy atom.